The summed E-state index contributed by atoms with van der Waals surface area (Å²) in [6, 6.07) is 0. The maximum Gasteiger partial charge on any atom is 0.00734 e. The van der Waals surface area contributed by atoms with Crippen molar-refractivity contribution in [1.82, 2.24) is 0 Å². The predicted octanol–water partition coefficient (Wildman–Crippen LogP) is 3.60. The summed E-state index contributed by atoms with van der Waals surface area (Å²) in [4.78, 5) is 0. The van der Waals surface area contributed by atoms with Crippen LogP contribution in [0.4, 0.5) is 0 Å². The number of thiol groups is 3. The summed E-state index contributed by atoms with van der Waals surface area (Å²) in [5.74, 6) is 1.11. The van der Waals surface area contributed by atoms with E-state index < -0.39 is 8.09 Å². The molecule has 0 rings (SSSR count). The van der Waals surface area contributed by atoms with Crippen LogP contribution >= 0.6 is 44.0 Å². The lowest BCUT2D eigenvalue weighted by molar-refractivity contribution is 0.635. The maximum absolute atomic E-state index is 4.44. The van der Waals surface area contributed by atoms with Crippen molar-refractivity contribution in [3.63, 3.8) is 0 Å². The van der Waals surface area contributed by atoms with Gasteiger partial charge in [-0.2, -0.15) is 20.7 Å². The van der Waals surface area contributed by atoms with E-state index in [4.69, 9.17) is 0 Å². The van der Waals surface area contributed by atoms with Crippen molar-refractivity contribution < 1.29 is 0 Å². The number of hydrogen-bond donors (Lipinski definition) is 3. The standard InChI is InChI=1S/C7H18S4/c1-7(2,8)5-4-6-11(3,9)10/h8-10H,4-6H2,1-3H3. The van der Waals surface area contributed by atoms with E-state index in [1.165, 1.54) is 6.42 Å². The molecule has 0 heterocycles. The Morgan fingerprint density at radius 2 is 1.73 bits per heavy atom. The van der Waals surface area contributed by atoms with Gasteiger partial charge in [-0.15, -0.1) is 23.3 Å². The van der Waals surface area contributed by atoms with Crippen molar-refractivity contribution in [3.05, 3.63) is 0 Å². The van der Waals surface area contributed by atoms with Gasteiger partial charge in [-0.3, -0.25) is 0 Å². The van der Waals surface area contributed by atoms with Crippen LogP contribution in [0.5, 0.6) is 0 Å². The van der Waals surface area contributed by atoms with Gasteiger partial charge in [0.25, 0.3) is 0 Å². The molecule has 0 saturated heterocycles. The second-order valence-corrected chi connectivity index (χ2v) is 12.9. The van der Waals surface area contributed by atoms with Gasteiger partial charge in [0.05, 0.1) is 0 Å². The molecule has 0 aromatic heterocycles. The molecule has 70 valence electrons. The first-order valence-electron chi connectivity index (χ1n) is 3.64. The zero-order valence-electron chi connectivity index (χ0n) is 7.37. The average Bonchev–Trinajstić information content (AvgIpc) is 1.55. The SMILES string of the molecule is CC(C)(S)CCCS(C)(S)S. The highest BCUT2D eigenvalue weighted by Gasteiger charge is 2.13. The normalized spacial score (nSPS) is 15.1. The van der Waals surface area contributed by atoms with E-state index in [0.717, 1.165) is 12.2 Å². The topological polar surface area (TPSA) is 0 Å². The second-order valence-electron chi connectivity index (χ2n) is 3.61. The van der Waals surface area contributed by atoms with Gasteiger partial charge < -0.3 is 0 Å². The predicted molar refractivity (Wildman–Crippen MR) is 68.7 cm³/mol. The molecular weight excluding hydrogens is 212 g/mol. The lowest BCUT2D eigenvalue weighted by atomic mass is 10.1. The molecule has 0 radical (unpaired) electrons. The third-order valence-electron chi connectivity index (χ3n) is 1.32. The summed E-state index contributed by atoms with van der Waals surface area (Å²) in [5, 5.41) is 0. The molecule has 0 aliphatic heterocycles. The van der Waals surface area contributed by atoms with E-state index in [1.54, 1.807) is 0 Å². The first kappa shape index (κ1) is 12.4. The summed E-state index contributed by atoms with van der Waals surface area (Å²) in [6.07, 6.45) is 4.42. The molecule has 0 N–H and O–H groups in total. The zero-order chi connectivity index (χ0) is 9.12. The Balaban J connectivity index is 3.44. The smallest absolute Gasteiger partial charge is 0.00734 e. The van der Waals surface area contributed by atoms with Crippen molar-refractivity contribution >= 4 is 44.0 Å². The highest BCUT2D eigenvalue weighted by atomic mass is 33.5. The molecule has 0 bridgehead atoms. The molecule has 0 aliphatic rings. The van der Waals surface area contributed by atoms with Gasteiger partial charge >= 0.3 is 0 Å². The van der Waals surface area contributed by atoms with Crippen LogP contribution in [0.3, 0.4) is 0 Å². The second kappa shape index (κ2) is 4.58. The highest BCUT2D eigenvalue weighted by Crippen LogP contribution is 2.54. The van der Waals surface area contributed by atoms with Gasteiger partial charge in [-0.1, -0.05) is 13.8 Å². The summed E-state index contributed by atoms with van der Waals surface area (Å²) >= 11 is 13.3. The monoisotopic (exact) mass is 230 g/mol. The Hall–Kier alpha value is 1.40. The molecule has 0 fully saturated rings. The van der Waals surface area contributed by atoms with Crippen molar-refractivity contribution in [2.45, 2.75) is 31.4 Å². The first-order valence-corrected chi connectivity index (χ1v) is 8.40. The largest absolute Gasteiger partial charge is 0.173 e. The molecule has 0 unspecified atom stereocenters. The van der Waals surface area contributed by atoms with Gasteiger partial charge in [0.1, 0.15) is 0 Å². The molecule has 4 heteroatoms. The third kappa shape index (κ3) is 11.4. The summed E-state index contributed by atoms with van der Waals surface area (Å²) in [6.45, 7) is 4.28. The average molecular weight is 230 g/mol. The molecule has 0 spiro atoms. The zero-order valence-corrected chi connectivity index (χ0v) is 10.9. The van der Waals surface area contributed by atoms with E-state index in [9.17, 15) is 0 Å². The van der Waals surface area contributed by atoms with Crippen LogP contribution < -0.4 is 0 Å². The Morgan fingerprint density at radius 1 is 1.27 bits per heavy atom. The van der Waals surface area contributed by atoms with E-state index in [-0.39, 0.29) is 4.75 Å². The van der Waals surface area contributed by atoms with Crippen LogP contribution in [0.15, 0.2) is 0 Å². The van der Waals surface area contributed by atoms with E-state index in [0.29, 0.717) is 0 Å². The summed E-state index contributed by atoms with van der Waals surface area (Å²) < 4.78 is 0.159. The summed E-state index contributed by atoms with van der Waals surface area (Å²) in [5.41, 5.74) is 0. The van der Waals surface area contributed by atoms with Crippen molar-refractivity contribution in [2.24, 2.45) is 0 Å². The molecule has 11 heavy (non-hydrogen) atoms. The van der Waals surface area contributed by atoms with Crippen LogP contribution in [-0.2, 0) is 0 Å². The molecule has 0 nitrogen and oxygen atoms in total. The van der Waals surface area contributed by atoms with Gasteiger partial charge in [0, 0.05) is 4.75 Å². The van der Waals surface area contributed by atoms with Crippen molar-refractivity contribution in [1.29, 1.82) is 0 Å². The molecule has 0 aromatic carbocycles. The molecule has 0 atom stereocenters. The van der Waals surface area contributed by atoms with Gasteiger partial charge in [-0.25, -0.2) is 0 Å². The Morgan fingerprint density at radius 3 is 2.00 bits per heavy atom. The fourth-order valence-electron chi connectivity index (χ4n) is 0.778. The summed E-state index contributed by atoms with van der Waals surface area (Å²) in [7, 11) is -0.892. The highest BCUT2D eigenvalue weighted by molar-refractivity contribution is 9.17. The molecule has 0 aromatic rings. The molecule has 0 aliphatic carbocycles. The third-order valence-corrected chi connectivity index (χ3v) is 3.70. The van der Waals surface area contributed by atoms with Gasteiger partial charge in [0.15, 0.2) is 0 Å². The van der Waals surface area contributed by atoms with Gasteiger partial charge in [-0.05, 0) is 24.9 Å². The molecule has 0 saturated carbocycles. The van der Waals surface area contributed by atoms with E-state index in [2.05, 4.69) is 56.1 Å². The van der Waals surface area contributed by atoms with Crippen LogP contribution in [0.2, 0.25) is 0 Å². The van der Waals surface area contributed by atoms with Crippen LogP contribution in [0.25, 0.3) is 0 Å². The quantitative estimate of drug-likeness (QED) is 0.477. The lowest BCUT2D eigenvalue weighted by Gasteiger charge is -2.24. The minimum Gasteiger partial charge on any atom is -0.173 e. The van der Waals surface area contributed by atoms with Gasteiger partial charge in [0.2, 0.25) is 0 Å². The fourth-order valence-corrected chi connectivity index (χ4v) is 2.40. The van der Waals surface area contributed by atoms with E-state index in [1.807, 2.05) is 0 Å². The lowest BCUT2D eigenvalue weighted by Crippen LogP contribution is -2.10. The minimum atomic E-state index is -0.892. The van der Waals surface area contributed by atoms with Crippen LogP contribution in [0, 0.1) is 0 Å². The first-order chi connectivity index (χ1) is 4.71. The fraction of sp³-hybridized carbons (Fsp3) is 1.00. The van der Waals surface area contributed by atoms with Crippen LogP contribution in [-0.4, -0.2) is 16.8 Å². The number of hydrogen-bond acceptors (Lipinski definition) is 3. The van der Waals surface area contributed by atoms with Crippen LogP contribution in [0.1, 0.15) is 26.7 Å². The maximum atomic E-state index is 4.44. The Kier molecular flexibility index (Phi) is 5.17. The Bertz CT molecular complexity index is 94.6. The van der Waals surface area contributed by atoms with E-state index >= 15 is 0 Å². The Labute approximate surface area is 87.3 Å². The minimum absolute atomic E-state index is 0.159. The number of rotatable bonds is 4. The van der Waals surface area contributed by atoms with Crippen molar-refractivity contribution in [3.8, 4) is 0 Å². The molecular formula is C7H18S4. The molecule has 0 amide bonds. The van der Waals surface area contributed by atoms with Crippen molar-refractivity contribution in [2.75, 3.05) is 12.0 Å².